The zero-order valence-corrected chi connectivity index (χ0v) is 12.1. The summed E-state index contributed by atoms with van der Waals surface area (Å²) in [5, 5.41) is 14.9. The summed E-state index contributed by atoms with van der Waals surface area (Å²) in [6.45, 7) is 0.278. The normalized spacial score (nSPS) is 18.7. The zero-order valence-electron chi connectivity index (χ0n) is 12.1. The molecule has 0 aromatic heterocycles. The molecular formula is C15H21FN2O3. The Labute approximate surface area is 123 Å². The van der Waals surface area contributed by atoms with Crippen LogP contribution in [0.3, 0.4) is 0 Å². The van der Waals surface area contributed by atoms with E-state index in [1.807, 2.05) is 0 Å². The van der Waals surface area contributed by atoms with Crippen LogP contribution in [-0.2, 0) is 11.2 Å². The van der Waals surface area contributed by atoms with Crippen LogP contribution in [0.15, 0.2) is 18.2 Å². The summed E-state index contributed by atoms with van der Waals surface area (Å²) in [4.78, 5) is 11.8. The van der Waals surface area contributed by atoms with Crippen molar-refractivity contribution in [1.29, 1.82) is 0 Å². The number of methoxy groups -OCH3 is 1. The molecule has 1 aromatic rings. The maximum Gasteiger partial charge on any atom is 0.315 e. The van der Waals surface area contributed by atoms with E-state index in [-0.39, 0.29) is 31.0 Å². The van der Waals surface area contributed by atoms with Crippen molar-refractivity contribution < 1.29 is 19.0 Å². The molecule has 116 valence electrons. The molecule has 0 spiro atoms. The molecule has 1 aliphatic rings. The van der Waals surface area contributed by atoms with Gasteiger partial charge < -0.3 is 20.5 Å². The molecule has 21 heavy (non-hydrogen) atoms. The fourth-order valence-corrected chi connectivity index (χ4v) is 2.59. The summed E-state index contributed by atoms with van der Waals surface area (Å²) in [6.07, 6.45) is 1.90. The number of hydrogen-bond donors (Lipinski definition) is 3. The highest BCUT2D eigenvalue weighted by molar-refractivity contribution is 5.74. The fraction of sp³-hybridized carbons (Fsp3) is 0.533. The lowest BCUT2D eigenvalue weighted by Crippen LogP contribution is -2.43. The van der Waals surface area contributed by atoms with E-state index in [2.05, 4.69) is 10.6 Å². The Bertz CT molecular complexity index is 496. The number of aliphatic hydroxyl groups is 1. The number of halogens is 1. The average molecular weight is 296 g/mol. The molecule has 2 amide bonds. The first-order valence-electron chi connectivity index (χ1n) is 7.10. The second-order valence-corrected chi connectivity index (χ2v) is 5.25. The molecule has 0 heterocycles. The number of amides is 2. The van der Waals surface area contributed by atoms with Gasteiger partial charge in [-0.25, -0.2) is 9.18 Å². The number of carbonyl (C=O) groups excluding carboxylic acids is 1. The van der Waals surface area contributed by atoms with Gasteiger partial charge in [-0.3, -0.25) is 0 Å². The Kier molecular flexibility index (Phi) is 5.52. The van der Waals surface area contributed by atoms with Crippen molar-refractivity contribution in [2.45, 2.75) is 31.4 Å². The molecule has 0 radical (unpaired) electrons. The molecule has 1 aromatic carbocycles. The average Bonchev–Trinajstić information content (AvgIpc) is 2.46. The van der Waals surface area contributed by atoms with Gasteiger partial charge in [0, 0.05) is 13.7 Å². The summed E-state index contributed by atoms with van der Waals surface area (Å²) < 4.78 is 18.2. The lowest BCUT2D eigenvalue weighted by molar-refractivity contribution is 0.0659. The quantitative estimate of drug-likeness (QED) is 0.771. The molecule has 0 saturated heterocycles. The largest absolute Gasteiger partial charge is 0.389 e. The van der Waals surface area contributed by atoms with Gasteiger partial charge in [0.2, 0.25) is 0 Å². The molecule has 1 aliphatic carbocycles. The van der Waals surface area contributed by atoms with Crippen LogP contribution in [0.25, 0.3) is 0 Å². The molecule has 2 rings (SSSR count). The standard InChI is InChI=1S/C15H21FN2O3/c1-21-9-12(19)8-17-15(20)18-14-4-2-3-10-5-6-11(16)7-13(10)14/h5-7,12,14,19H,2-4,8-9H2,1H3,(H2,17,18,20). The number of nitrogens with one attached hydrogen (secondary N) is 2. The monoisotopic (exact) mass is 296 g/mol. The number of carbonyl (C=O) groups is 1. The molecular weight excluding hydrogens is 275 g/mol. The van der Waals surface area contributed by atoms with Gasteiger partial charge in [0.25, 0.3) is 0 Å². The second kappa shape index (κ2) is 7.38. The minimum absolute atomic E-state index is 0.113. The molecule has 5 nitrogen and oxygen atoms in total. The van der Waals surface area contributed by atoms with E-state index in [9.17, 15) is 14.3 Å². The predicted molar refractivity (Wildman–Crippen MR) is 76.5 cm³/mol. The fourth-order valence-electron chi connectivity index (χ4n) is 2.59. The molecule has 0 aliphatic heterocycles. The highest BCUT2D eigenvalue weighted by Gasteiger charge is 2.22. The third kappa shape index (κ3) is 4.41. The molecule has 3 N–H and O–H groups in total. The van der Waals surface area contributed by atoms with Crippen LogP contribution in [0.1, 0.15) is 30.0 Å². The van der Waals surface area contributed by atoms with E-state index < -0.39 is 6.10 Å². The van der Waals surface area contributed by atoms with Gasteiger partial charge in [0.05, 0.1) is 18.8 Å². The topological polar surface area (TPSA) is 70.6 Å². The Morgan fingerprint density at radius 2 is 2.38 bits per heavy atom. The van der Waals surface area contributed by atoms with E-state index >= 15 is 0 Å². The number of hydrogen-bond acceptors (Lipinski definition) is 3. The maximum atomic E-state index is 13.4. The van der Waals surface area contributed by atoms with Crippen molar-refractivity contribution in [3.63, 3.8) is 0 Å². The number of ether oxygens (including phenoxy) is 1. The number of benzene rings is 1. The zero-order chi connectivity index (χ0) is 15.2. The Hall–Kier alpha value is -1.66. The summed E-state index contributed by atoms with van der Waals surface area (Å²) >= 11 is 0. The number of urea groups is 1. The number of fused-ring (bicyclic) bond motifs is 1. The van der Waals surface area contributed by atoms with Crippen molar-refractivity contribution in [2.24, 2.45) is 0 Å². The summed E-state index contributed by atoms with van der Waals surface area (Å²) in [6, 6.07) is 4.15. The minimum atomic E-state index is -0.739. The third-order valence-electron chi connectivity index (χ3n) is 3.58. The van der Waals surface area contributed by atoms with E-state index in [1.165, 1.54) is 19.2 Å². The summed E-state index contributed by atoms with van der Waals surface area (Å²) in [5.74, 6) is -0.293. The van der Waals surface area contributed by atoms with Crippen molar-refractivity contribution in [3.05, 3.63) is 35.1 Å². The maximum absolute atomic E-state index is 13.4. The third-order valence-corrected chi connectivity index (χ3v) is 3.58. The lowest BCUT2D eigenvalue weighted by Gasteiger charge is -2.26. The van der Waals surface area contributed by atoms with Gasteiger partial charge in [-0.15, -0.1) is 0 Å². The van der Waals surface area contributed by atoms with Gasteiger partial charge in [0.15, 0.2) is 0 Å². The van der Waals surface area contributed by atoms with Crippen LogP contribution in [0.5, 0.6) is 0 Å². The van der Waals surface area contributed by atoms with Crippen LogP contribution in [0, 0.1) is 5.82 Å². The van der Waals surface area contributed by atoms with Crippen molar-refractivity contribution in [3.8, 4) is 0 Å². The van der Waals surface area contributed by atoms with Gasteiger partial charge in [-0.1, -0.05) is 6.07 Å². The van der Waals surface area contributed by atoms with Gasteiger partial charge in [-0.2, -0.15) is 0 Å². The van der Waals surface area contributed by atoms with Crippen LogP contribution >= 0.6 is 0 Å². The van der Waals surface area contributed by atoms with Crippen molar-refractivity contribution >= 4 is 6.03 Å². The molecule has 6 heteroatoms. The van der Waals surface area contributed by atoms with Gasteiger partial charge in [0.1, 0.15) is 5.82 Å². The van der Waals surface area contributed by atoms with Crippen LogP contribution in [-0.4, -0.2) is 37.5 Å². The Balaban J connectivity index is 1.92. The lowest BCUT2D eigenvalue weighted by atomic mass is 9.87. The Morgan fingerprint density at radius 3 is 3.14 bits per heavy atom. The molecule has 0 bridgehead atoms. The van der Waals surface area contributed by atoms with Crippen LogP contribution in [0.4, 0.5) is 9.18 Å². The first-order valence-corrected chi connectivity index (χ1v) is 7.10. The molecule has 2 unspecified atom stereocenters. The molecule has 2 atom stereocenters. The molecule has 0 saturated carbocycles. The first kappa shape index (κ1) is 15.7. The van der Waals surface area contributed by atoms with E-state index in [0.717, 1.165) is 30.4 Å². The smallest absolute Gasteiger partial charge is 0.315 e. The van der Waals surface area contributed by atoms with Crippen LogP contribution < -0.4 is 10.6 Å². The van der Waals surface area contributed by atoms with E-state index in [0.29, 0.717) is 0 Å². The van der Waals surface area contributed by atoms with Crippen molar-refractivity contribution in [1.82, 2.24) is 10.6 Å². The highest BCUT2D eigenvalue weighted by Crippen LogP contribution is 2.30. The highest BCUT2D eigenvalue weighted by atomic mass is 19.1. The predicted octanol–water partition coefficient (Wildman–Crippen LogP) is 1.51. The second-order valence-electron chi connectivity index (χ2n) is 5.25. The minimum Gasteiger partial charge on any atom is -0.389 e. The SMILES string of the molecule is COCC(O)CNC(=O)NC1CCCc2ccc(F)cc21. The summed E-state index contributed by atoms with van der Waals surface area (Å²) in [5.41, 5.74) is 1.92. The number of aliphatic hydroxyl groups excluding tert-OH is 1. The first-order chi connectivity index (χ1) is 10.1. The number of aryl methyl sites for hydroxylation is 1. The van der Waals surface area contributed by atoms with Gasteiger partial charge >= 0.3 is 6.03 Å². The number of rotatable bonds is 5. The molecule has 0 fully saturated rings. The Morgan fingerprint density at radius 1 is 1.57 bits per heavy atom. The van der Waals surface area contributed by atoms with E-state index in [4.69, 9.17) is 4.74 Å². The summed E-state index contributed by atoms with van der Waals surface area (Å²) in [7, 11) is 1.48. The van der Waals surface area contributed by atoms with E-state index in [1.54, 1.807) is 6.07 Å². The van der Waals surface area contributed by atoms with Crippen LogP contribution in [0.2, 0.25) is 0 Å². The van der Waals surface area contributed by atoms with Gasteiger partial charge in [-0.05, 0) is 42.5 Å². The van der Waals surface area contributed by atoms with Crippen molar-refractivity contribution in [2.75, 3.05) is 20.3 Å².